The minimum Gasteiger partial charge on any atom is -0.435 e. The summed E-state index contributed by atoms with van der Waals surface area (Å²) in [7, 11) is 0. The number of hydrogen-bond acceptors (Lipinski definition) is 4. The van der Waals surface area contributed by atoms with Crippen LogP contribution in [0.15, 0.2) is 41.7 Å². The summed E-state index contributed by atoms with van der Waals surface area (Å²) in [5.74, 6) is 2.07. The molecule has 1 aliphatic heterocycles. The van der Waals surface area contributed by atoms with E-state index in [9.17, 15) is 8.78 Å². The van der Waals surface area contributed by atoms with Crippen LogP contribution in [0.5, 0.6) is 5.75 Å². The first kappa shape index (κ1) is 23.8. The van der Waals surface area contributed by atoms with Gasteiger partial charge >= 0.3 is 6.61 Å². The number of ether oxygens (including phenoxy) is 1. The maximum atomic E-state index is 12.4. The fourth-order valence-corrected chi connectivity index (χ4v) is 3.91. The molecular weight excluding hydrogens is 414 g/mol. The highest BCUT2D eigenvalue weighted by atomic mass is 19.3. The number of aryl methyl sites for hydroxylation is 2. The Labute approximate surface area is 188 Å². The first-order valence-electron chi connectivity index (χ1n) is 11.4. The number of nitrogens with zero attached hydrogens (tertiary/aromatic N) is 4. The predicted octanol–water partition coefficient (Wildman–Crippen LogP) is 3.80. The van der Waals surface area contributed by atoms with Crippen molar-refractivity contribution in [3.63, 3.8) is 0 Å². The zero-order valence-electron chi connectivity index (χ0n) is 18.9. The van der Waals surface area contributed by atoms with E-state index >= 15 is 0 Å². The maximum Gasteiger partial charge on any atom is 0.387 e. The Hall–Kier alpha value is -2.84. The number of guanidine groups is 1. The second-order valence-electron chi connectivity index (χ2n) is 7.94. The molecule has 7 nitrogen and oxygen atoms in total. The molecule has 9 heteroatoms. The van der Waals surface area contributed by atoms with Crippen molar-refractivity contribution in [3.8, 4) is 5.75 Å². The van der Waals surface area contributed by atoms with Crippen LogP contribution < -0.4 is 20.3 Å². The molecule has 1 fully saturated rings. The van der Waals surface area contributed by atoms with Crippen molar-refractivity contribution in [1.29, 1.82) is 0 Å². The predicted molar refractivity (Wildman–Crippen MR) is 124 cm³/mol. The Morgan fingerprint density at radius 1 is 1.28 bits per heavy atom. The molecule has 0 aliphatic carbocycles. The van der Waals surface area contributed by atoms with E-state index in [1.54, 1.807) is 12.1 Å². The Morgan fingerprint density at radius 2 is 2.09 bits per heavy atom. The van der Waals surface area contributed by atoms with Gasteiger partial charge in [0.1, 0.15) is 11.6 Å². The van der Waals surface area contributed by atoms with Crippen molar-refractivity contribution in [2.24, 2.45) is 4.99 Å². The van der Waals surface area contributed by atoms with E-state index in [0.717, 1.165) is 75.9 Å². The summed E-state index contributed by atoms with van der Waals surface area (Å²) in [6.07, 6.45) is 8.03. The lowest BCUT2D eigenvalue weighted by Crippen LogP contribution is -2.51. The van der Waals surface area contributed by atoms with Gasteiger partial charge in [0, 0.05) is 56.8 Å². The van der Waals surface area contributed by atoms with E-state index in [1.165, 1.54) is 0 Å². The number of anilines is 1. The average Bonchev–Trinajstić information content (AvgIpc) is 3.18. The van der Waals surface area contributed by atoms with Crippen LogP contribution in [0.25, 0.3) is 0 Å². The first-order chi connectivity index (χ1) is 15.5. The number of imidazole rings is 1. The molecule has 1 aromatic heterocycles. The first-order valence-corrected chi connectivity index (χ1v) is 11.4. The standard InChI is InChI=1S/C23H34F2N6O/c1-3-26-23(28-12-4-5-14-30-16-13-27-18(30)2)29-19-7-6-15-31(17-19)20-8-10-21(11-9-20)32-22(24)25/h8-11,13,16,19,22H,3-7,12,14-15,17H2,1-2H3,(H2,26,28,29). The Morgan fingerprint density at radius 3 is 2.78 bits per heavy atom. The molecule has 176 valence electrons. The lowest BCUT2D eigenvalue weighted by atomic mass is 10.0. The maximum absolute atomic E-state index is 12.4. The highest BCUT2D eigenvalue weighted by Gasteiger charge is 2.21. The Kier molecular flexibility index (Phi) is 9.13. The number of alkyl halides is 2. The monoisotopic (exact) mass is 448 g/mol. The van der Waals surface area contributed by atoms with Gasteiger partial charge in [-0.3, -0.25) is 4.99 Å². The molecule has 32 heavy (non-hydrogen) atoms. The summed E-state index contributed by atoms with van der Waals surface area (Å²) in [4.78, 5) is 11.3. The molecule has 0 amide bonds. The minimum absolute atomic E-state index is 0.181. The summed E-state index contributed by atoms with van der Waals surface area (Å²) in [5.41, 5.74) is 1.01. The second kappa shape index (κ2) is 12.3. The number of nitrogens with one attached hydrogen (secondary N) is 2. The third kappa shape index (κ3) is 7.39. The van der Waals surface area contributed by atoms with Crippen LogP contribution in [0.1, 0.15) is 38.4 Å². The molecule has 3 rings (SSSR count). The Bertz CT molecular complexity index is 839. The number of aliphatic imine (C=N–C) groups is 1. The molecule has 1 aliphatic rings. The van der Waals surface area contributed by atoms with Crippen LogP contribution >= 0.6 is 0 Å². The van der Waals surface area contributed by atoms with Crippen molar-refractivity contribution in [2.75, 3.05) is 31.1 Å². The zero-order valence-corrected chi connectivity index (χ0v) is 18.9. The topological polar surface area (TPSA) is 66.7 Å². The van der Waals surface area contributed by atoms with Gasteiger partial charge in [-0.2, -0.15) is 8.78 Å². The molecule has 0 saturated carbocycles. The van der Waals surface area contributed by atoms with Crippen molar-refractivity contribution < 1.29 is 13.5 Å². The normalized spacial score (nSPS) is 17.0. The summed E-state index contributed by atoms with van der Waals surface area (Å²) in [5, 5.41) is 6.91. The quantitative estimate of drug-likeness (QED) is 0.329. The number of unbranched alkanes of at least 4 members (excludes halogenated alkanes) is 1. The van der Waals surface area contributed by atoms with Gasteiger partial charge in [-0.25, -0.2) is 4.98 Å². The molecule has 0 spiro atoms. The van der Waals surface area contributed by atoms with Gasteiger partial charge in [-0.1, -0.05) is 0 Å². The largest absolute Gasteiger partial charge is 0.435 e. The van der Waals surface area contributed by atoms with Crippen LogP contribution in [0.4, 0.5) is 14.5 Å². The van der Waals surface area contributed by atoms with Crippen molar-refractivity contribution >= 4 is 11.6 Å². The smallest absolute Gasteiger partial charge is 0.387 e. The molecule has 0 radical (unpaired) electrons. The summed E-state index contributed by atoms with van der Waals surface area (Å²) in [6.45, 7) is 5.59. The van der Waals surface area contributed by atoms with E-state index in [4.69, 9.17) is 4.99 Å². The van der Waals surface area contributed by atoms with Gasteiger partial charge in [0.25, 0.3) is 0 Å². The molecular formula is C23H34F2N6O. The van der Waals surface area contributed by atoms with Gasteiger partial charge in [0.05, 0.1) is 0 Å². The van der Waals surface area contributed by atoms with Crippen molar-refractivity contribution in [2.45, 2.75) is 58.7 Å². The number of hydrogen-bond donors (Lipinski definition) is 2. The fourth-order valence-electron chi connectivity index (χ4n) is 3.91. The van der Waals surface area contributed by atoms with Crippen LogP contribution in [0.2, 0.25) is 0 Å². The number of aromatic nitrogens is 2. The lowest BCUT2D eigenvalue weighted by molar-refractivity contribution is -0.0498. The molecule has 1 aromatic carbocycles. The number of benzene rings is 1. The van der Waals surface area contributed by atoms with E-state index in [0.29, 0.717) is 0 Å². The minimum atomic E-state index is -2.80. The summed E-state index contributed by atoms with van der Waals surface area (Å²) < 4.78 is 31.3. The second-order valence-corrected chi connectivity index (χ2v) is 7.94. The van der Waals surface area contributed by atoms with Gasteiger partial charge in [-0.15, -0.1) is 0 Å². The summed E-state index contributed by atoms with van der Waals surface area (Å²) in [6, 6.07) is 7.13. The molecule has 1 saturated heterocycles. The van der Waals surface area contributed by atoms with Crippen LogP contribution in [0, 0.1) is 6.92 Å². The van der Waals surface area contributed by atoms with E-state index < -0.39 is 6.61 Å². The van der Waals surface area contributed by atoms with Crippen molar-refractivity contribution in [3.05, 3.63) is 42.5 Å². The molecule has 1 atom stereocenters. The van der Waals surface area contributed by atoms with Crippen LogP contribution in [-0.4, -0.2) is 54.3 Å². The molecule has 0 bridgehead atoms. The molecule has 2 aromatic rings. The molecule has 2 heterocycles. The van der Waals surface area contributed by atoms with E-state index in [2.05, 4.69) is 36.7 Å². The summed E-state index contributed by atoms with van der Waals surface area (Å²) >= 11 is 0. The van der Waals surface area contributed by atoms with Gasteiger partial charge < -0.3 is 24.8 Å². The number of halogens is 2. The zero-order chi connectivity index (χ0) is 22.8. The SMILES string of the molecule is CCNC(=NCCCCn1ccnc1C)NC1CCCN(c2ccc(OC(F)F)cc2)C1. The average molecular weight is 449 g/mol. The third-order valence-electron chi connectivity index (χ3n) is 5.53. The van der Waals surface area contributed by atoms with E-state index in [1.807, 2.05) is 31.5 Å². The fraction of sp³-hybridized carbons (Fsp3) is 0.565. The highest BCUT2D eigenvalue weighted by molar-refractivity contribution is 5.80. The number of rotatable bonds is 10. The van der Waals surface area contributed by atoms with E-state index in [-0.39, 0.29) is 11.8 Å². The van der Waals surface area contributed by atoms with Crippen LogP contribution in [-0.2, 0) is 6.54 Å². The third-order valence-corrected chi connectivity index (χ3v) is 5.53. The molecule has 2 N–H and O–H groups in total. The highest BCUT2D eigenvalue weighted by Crippen LogP contribution is 2.23. The van der Waals surface area contributed by atoms with Gasteiger partial charge in [0.2, 0.25) is 0 Å². The van der Waals surface area contributed by atoms with Gasteiger partial charge in [-0.05, 0) is 63.8 Å². The van der Waals surface area contributed by atoms with Gasteiger partial charge in [0.15, 0.2) is 5.96 Å². The van der Waals surface area contributed by atoms with Crippen molar-refractivity contribution in [1.82, 2.24) is 20.2 Å². The lowest BCUT2D eigenvalue weighted by Gasteiger charge is -2.35. The Balaban J connectivity index is 1.48. The van der Waals surface area contributed by atoms with Crippen LogP contribution in [0.3, 0.4) is 0 Å². The molecule has 1 unspecified atom stereocenters. The number of piperidine rings is 1.